The number of carbonyl (C=O) groups excluding carboxylic acids is 1. The topological polar surface area (TPSA) is 54.5 Å². The number of benzene rings is 2. The lowest BCUT2D eigenvalue weighted by Crippen LogP contribution is -2.34. The van der Waals surface area contributed by atoms with Gasteiger partial charge in [0.05, 0.1) is 13.2 Å². The minimum absolute atomic E-state index is 0.0162. The van der Waals surface area contributed by atoms with Crippen LogP contribution < -0.4 is 10.1 Å². The smallest absolute Gasteiger partial charge is 0.251 e. The number of aryl methyl sites for hydroxylation is 1. The average Bonchev–Trinajstić information content (AvgIpc) is 3.18. The second-order valence-corrected chi connectivity index (χ2v) is 9.25. The van der Waals surface area contributed by atoms with Crippen molar-refractivity contribution in [1.82, 2.24) is 15.2 Å². The van der Waals surface area contributed by atoms with Gasteiger partial charge >= 0.3 is 0 Å². The fourth-order valence-corrected chi connectivity index (χ4v) is 4.91. The molecule has 3 rings (SSSR count). The molecule has 1 aromatic heterocycles. The molecule has 7 heteroatoms. The summed E-state index contributed by atoms with van der Waals surface area (Å²) in [5, 5.41) is 5.12. The molecule has 1 amide bonds. The highest BCUT2D eigenvalue weighted by Crippen LogP contribution is 2.28. The third kappa shape index (κ3) is 5.84. The molecule has 158 valence electrons. The summed E-state index contributed by atoms with van der Waals surface area (Å²) in [6, 6.07) is 15.7. The van der Waals surface area contributed by atoms with Gasteiger partial charge < -0.3 is 15.0 Å². The van der Waals surface area contributed by atoms with E-state index in [1.54, 1.807) is 30.2 Å². The number of methoxy groups -OCH3 is 1. The molecule has 1 heterocycles. The Morgan fingerprint density at radius 1 is 1.20 bits per heavy atom. The second kappa shape index (κ2) is 10.6. The van der Waals surface area contributed by atoms with Crippen molar-refractivity contribution in [3.8, 4) is 5.75 Å². The van der Waals surface area contributed by atoms with E-state index in [0.29, 0.717) is 12.1 Å². The number of hydrogen-bond donors (Lipinski definition) is 1. The number of nitrogens with zero attached hydrogens (tertiary/aromatic N) is 2. The summed E-state index contributed by atoms with van der Waals surface area (Å²) in [7, 11) is 5.67. The van der Waals surface area contributed by atoms with E-state index in [2.05, 4.69) is 20.6 Å². The van der Waals surface area contributed by atoms with Crippen molar-refractivity contribution in [1.29, 1.82) is 0 Å². The number of para-hydroxylation sites is 1. The molecular weight excluding hydrogens is 414 g/mol. The van der Waals surface area contributed by atoms with Crippen molar-refractivity contribution in [2.24, 2.45) is 0 Å². The normalized spacial score (nSPS) is 12.0. The van der Waals surface area contributed by atoms with Gasteiger partial charge in [0.2, 0.25) is 0 Å². The molecule has 1 atom stereocenters. The molecule has 0 saturated carbocycles. The predicted molar refractivity (Wildman–Crippen MR) is 125 cm³/mol. The van der Waals surface area contributed by atoms with Gasteiger partial charge in [0.25, 0.3) is 5.91 Å². The van der Waals surface area contributed by atoms with E-state index in [9.17, 15) is 4.79 Å². The number of thiazole rings is 1. The first kappa shape index (κ1) is 22.3. The highest BCUT2D eigenvalue weighted by Gasteiger charge is 2.19. The summed E-state index contributed by atoms with van der Waals surface area (Å²) in [5.74, 6) is 1.58. The maximum Gasteiger partial charge on any atom is 0.251 e. The Balaban J connectivity index is 1.59. The van der Waals surface area contributed by atoms with Crippen LogP contribution >= 0.6 is 23.1 Å². The number of nitrogens with one attached hydrogen (secondary N) is 1. The molecule has 0 aliphatic heterocycles. The van der Waals surface area contributed by atoms with E-state index in [1.807, 2.05) is 69.6 Å². The van der Waals surface area contributed by atoms with Crippen molar-refractivity contribution in [3.63, 3.8) is 0 Å². The summed E-state index contributed by atoms with van der Waals surface area (Å²) in [6.45, 7) is 2.50. The Morgan fingerprint density at radius 3 is 2.57 bits per heavy atom. The predicted octanol–water partition coefficient (Wildman–Crippen LogP) is 4.79. The minimum Gasteiger partial charge on any atom is -0.496 e. The van der Waals surface area contributed by atoms with Crippen molar-refractivity contribution in [3.05, 3.63) is 76.3 Å². The maximum absolute atomic E-state index is 12.7. The first-order valence-electron chi connectivity index (χ1n) is 9.69. The van der Waals surface area contributed by atoms with Crippen LogP contribution in [0.5, 0.6) is 5.75 Å². The minimum atomic E-state index is -0.0773. The summed E-state index contributed by atoms with van der Waals surface area (Å²) in [6.07, 6.45) is 0. The van der Waals surface area contributed by atoms with Crippen LogP contribution in [0.15, 0.2) is 58.3 Å². The molecule has 0 spiro atoms. The molecule has 0 aliphatic rings. The Labute approximate surface area is 186 Å². The number of carbonyl (C=O) groups is 1. The van der Waals surface area contributed by atoms with Gasteiger partial charge in [-0.3, -0.25) is 4.79 Å². The zero-order valence-electron chi connectivity index (χ0n) is 17.7. The van der Waals surface area contributed by atoms with Crippen LogP contribution in [0.2, 0.25) is 0 Å². The Bertz CT molecular complexity index is 971. The zero-order valence-corrected chi connectivity index (χ0v) is 19.3. The molecular formula is C23H27N3O2S2. The lowest BCUT2D eigenvalue weighted by atomic mass is 10.0. The second-order valence-electron chi connectivity index (χ2n) is 7.17. The van der Waals surface area contributed by atoms with Crippen LogP contribution in [0.4, 0.5) is 0 Å². The number of amides is 1. The standard InChI is InChI=1S/C23H27N3O2S2/c1-16-14-29-23(25-16)30-15-17-9-11-18(12-10-17)22(27)24-13-20(26(2)3)19-7-5-6-8-21(19)28-4/h5-12,14,20H,13,15H2,1-4H3,(H,24,27). The summed E-state index contributed by atoms with van der Waals surface area (Å²) in [4.78, 5) is 19.2. The molecule has 0 bridgehead atoms. The van der Waals surface area contributed by atoms with Gasteiger partial charge in [0.1, 0.15) is 10.1 Å². The quantitative estimate of drug-likeness (QED) is 0.484. The number of hydrogen-bond acceptors (Lipinski definition) is 6. The average molecular weight is 442 g/mol. The van der Waals surface area contributed by atoms with E-state index in [1.165, 1.54) is 5.56 Å². The van der Waals surface area contributed by atoms with E-state index < -0.39 is 0 Å². The lowest BCUT2D eigenvalue weighted by Gasteiger charge is -2.26. The van der Waals surface area contributed by atoms with Crippen molar-refractivity contribution in [2.45, 2.75) is 23.1 Å². The van der Waals surface area contributed by atoms with Gasteiger partial charge in [-0.15, -0.1) is 11.3 Å². The molecule has 1 unspecified atom stereocenters. The van der Waals surface area contributed by atoms with Crippen LogP contribution in [-0.4, -0.2) is 43.5 Å². The SMILES string of the molecule is COc1ccccc1C(CNC(=O)c1ccc(CSc2nc(C)cs2)cc1)N(C)C. The van der Waals surface area contributed by atoms with Crippen molar-refractivity contribution in [2.75, 3.05) is 27.7 Å². The van der Waals surface area contributed by atoms with Crippen LogP contribution in [-0.2, 0) is 5.75 Å². The number of thioether (sulfide) groups is 1. The summed E-state index contributed by atoms with van der Waals surface area (Å²) >= 11 is 3.38. The Morgan fingerprint density at radius 2 is 1.93 bits per heavy atom. The molecule has 0 aliphatic carbocycles. The Hall–Kier alpha value is -2.35. The van der Waals surface area contributed by atoms with Gasteiger partial charge in [0.15, 0.2) is 0 Å². The fourth-order valence-electron chi connectivity index (χ4n) is 3.10. The highest BCUT2D eigenvalue weighted by molar-refractivity contribution is 8.00. The molecule has 30 heavy (non-hydrogen) atoms. The lowest BCUT2D eigenvalue weighted by molar-refractivity contribution is 0.0941. The largest absolute Gasteiger partial charge is 0.496 e. The van der Waals surface area contributed by atoms with Crippen LogP contribution in [0.3, 0.4) is 0 Å². The number of aromatic nitrogens is 1. The Kier molecular flexibility index (Phi) is 7.90. The number of likely N-dealkylation sites (N-methyl/N-ethyl adjacent to an activating group) is 1. The van der Waals surface area contributed by atoms with Gasteiger partial charge in [-0.25, -0.2) is 4.98 Å². The monoisotopic (exact) mass is 441 g/mol. The van der Waals surface area contributed by atoms with E-state index in [0.717, 1.165) is 27.1 Å². The molecule has 0 radical (unpaired) electrons. The number of ether oxygens (including phenoxy) is 1. The molecule has 1 N–H and O–H groups in total. The van der Waals surface area contributed by atoms with Crippen molar-refractivity contribution < 1.29 is 9.53 Å². The molecule has 0 fully saturated rings. The summed E-state index contributed by atoms with van der Waals surface area (Å²) in [5.41, 5.74) is 3.93. The van der Waals surface area contributed by atoms with Crippen LogP contribution in [0.25, 0.3) is 0 Å². The molecule has 2 aromatic carbocycles. The highest BCUT2D eigenvalue weighted by atomic mass is 32.2. The van der Waals surface area contributed by atoms with E-state index in [-0.39, 0.29) is 11.9 Å². The fraction of sp³-hybridized carbons (Fsp3) is 0.304. The summed E-state index contributed by atoms with van der Waals surface area (Å²) < 4.78 is 6.56. The first-order valence-corrected chi connectivity index (χ1v) is 11.6. The molecule has 0 saturated heterocycles. The third-order valence-corrected chi connectivity index (χ3v) is 6.96. The molecule has 5 nitrogen and oxygen atoms in total. The molecule has 3 aromatic rings. The van der Waals surface area contributed by atoms with E-state index in [4.69, 9.17) is 4.74 Å². The maximum atomic E-state index is 12.7. The van der Waals surface area contributed by atoms with E-state index >= 15 is 0 Å². The number of rotatable bonds is 9. The van der Waals surface area contributed by atoms with Crippen LogP contribution in [0.1, 0.15) is 33.2 Å². The zero-order chi connectivity index (χ0) is 21.5. The van der Waals surface area contributed by atoms with Gasteiger partial charge in [0, 0.05) is 34.5 Å². The van der Waals surface area contributed by atoms with Crippen LogP contribution in [0, 0.1) is 6.92 Å². The van der Waals surface area contributed by atoms with Gasteiger partial charge in [-0.1, -0.05) is 42.1 Å². The first-order chi connectivity index (χ1) is 14.5. The van der Waals surface area contributed by atoms with Gasteiger partial charge in [-0.05, 0) is 44.8 Å². The third-order valence-electron chi connectivity index (χ3n) is 4.75. The van der Waals surface area contributed by atoms with Gasteiger partial charge in [-0.2, -0.15) is 0 Å². The van der Waals surface area contributed by atoms with Crippen molar-refractivity contribution >= 4 is 29.0 Å².